The Morgan fingerprint density at radius 3 is 0.500 bits per heavy atom. The molecule has 0 spiro atoms. The third-order valence-electron chi connectivity index (χ3n) is 0. The molecule has 0 aromatic carbocycles. The van der Waals surface area contributed by atoms with E-state index in [1.54, 1.807) is 0 Å². The van der Waals surface area contributed by atoms with Crippen LogP contribution in [-0.2, 0) is 27.7 Å². The Balaban J connectivity index is 0. The summed E-state index contributed by atoms with van der Waals surface area (Å²) in [7, 11) is 0. The summed E-state index contributed by atoms with van der Waals surface area (Å²) >= 11 is 0. The molecule has 0 aromatic heterocycles. The van der Waals surface area contributed by atoms with Crippen molar-refractivity contribution in [2.45, 2.75) is 0 Å². The average Bonchev–Trinajstić information content (AvgIpc) is 0. The molecule has 33 valence electrons. The van der Waals surface area contributed by atoms with Gasteiger partial charge in [0.05, 0.1) is 0 Å². The molecule has 0 aliphatic carbocycles. The van der Waals surface area contributed by atoms with Crippen molar-refractivity contribution >= 4 is 17.4 Å². The predicted octanol–water partition coefficient (Wildman–Crippen LogP) is -1.09. The van der Waals surface area contributed by atoms with Crippen LogP contribution >= 0.6 is 0 Å². The second-order valence-corrected chi connectivity index (χ2v) is 0. The van der Waals surface area contributed by atoms with Crippen molar-refractivity contribution in [3.05, 3.63) is 0 Å². The van der Waals surface area contributed by atoms with Gasteiger partial charge in [0.25, 0.3) is 0 Å². The zero-order chi connectivity index (χ0) is 0. The first-order valence-corrected chi connectivity index (χ1v) is 0. The molecular weight excluding hydrogens is 292 g/mol. The summed E-state index contributed by atoms with van der Waals surface area (Å²) in [5.74, 6) is 0. The van der Waals surface area contributed by atoms with Gasteiger partial charge in [-0.05, 0) is 0 Å². The summed E-state index contributed by atoms with van der Waals surface area (Å²) in [4.78, 5) is 0. The topological polar surface area (TPSA) is 120 Å². The number of hydrogen-bond acceptors (Lipinski definition) is 4. The molecule has 6 heteroatoms. The van der Waals surface area contributed by atoms with Gasteiger partial charge >= 0.3 is 45.0 Å². The molecule has 0 aliphatic rings. The minimum atomic E-state index is 0. The van der Waals surface area contributed by atoms with Crippen LogP contribution in [0.15, 0.2) is 0 Å². The van der Waals surface area contributed by atoms with Crippen LogP contribution in [0.25, 0.3) is 0 Å². The second-order valence-electron chi connectivity index (χ2n) is 0. The van der Waals surface area contributed by atoms with Gasteiger partial charge in [0.15, 0.2) is 0 Å². The molecule has 0 fully saturated rings. The smallest absolute Gasteiger partial charge is 0.870 e. The maximum Gasteiger partial charge on any atom is 3.00 e. The summed E-state index contributed by atoms with van der Waals surface area (Å²) < 4.78 is 0. The standard InChI is InChI=1S/Al.Hg.4H2O/h;;4*1H2/q+3;+1;;;;/p-4. The van der Waals surface area contributed by atoms with Crippen LogP contribution in [0, 0.1) is 0 Å². The van der Waals surface area contributed by atoms with Crippen LogP contribution in [0.5, 0.6) is 0 Å². The van der Waals surface area contributed by atoms with Crippen molar-refractivity contribution in [3.8, 4) is 0 Å². The van der Waals surface area contributed by atoms with E-state index in [2.05, 4.69) is 0 Å². The fourth-order valence-corrected chi connectivity index (χ4v) is 0. The molecule has 0 aromatic rings. The summed E-state index contributed by atoms with van der Waals surface area (Å²) in [5, 5.41) is 0. The van der Waals surface area contributed by atoms with Gasteiger partial charge < -0.3 is 21.9 Å². The van der Waals surface area contributed by atoms with Gasteiger partial charge in [0.2, 0.25) is 0 Å². The van der Waals surface area contributed by atoms with E-state index in [0.717, 1.165) is 0 Å². The molecule has 1 radical (unpaired) electrons. The Morgan fingerprint density at radius 1 is 0.500 bits per heavy atom. The third kappa shape index (κ3) is 57.6. The van der Waals surface area contributed by atoms with E-state index in [9.17, 15) is 0 Å². The summed E-state index contributed by atoms with van der Waals surface area (Å²) in [6.45, 7) is 0. The molecular formula is H4AlHgO4. The van der Waals surface area contributed by atoms with Crippen molar-refractivity contribution in [2.24, 2.45) is 0 Å². The predicted molar refractivity (Wildman–Crippen MR) is 13.5 cm³/mol. The van der Waals surface area contributed by atoms with E-state index in [0.29, 0.717) is 0 Å². The molecule has 4 N–H and O–H groups in total. The van der Waals surface area contributed by atoms with E-state index >= 15 is 0 Å². The Kier molecular flexibility index (Phi) is 2950. The van der Waals surface area contributed by atoms with E-state index in [4.69, 9.17) is 0 Å². The Morgan fingerprint density at radius 2 is 0.500 bits per heavy atom. The van der Waals surface area contributed by atoms with Crippen LogP contribution in [-0.4, -0.2) is 39.3 Å². The minimum Gasteiger partial charge on any atom is -0.870 e. The van der Waals surface area contributed by atoms with Crippen molar-refractivity contribution in [1.29, 1.82) is 0 Å². The van der Waals surface area contributed by atoms with E-state index in [-0.39, 0.29) is 66.9 Å². The van der Waals surface area contributed by atoms with Crippen molar-refractivity contribution in [2.75, 3.05) is 0 Å². The molecule has 0 bridgehead atoms. The fraction of sp³-hybridized carbons (Fsp3) is 0. The Hall–Kier alpha value is 1.31. The SMILES string of the molecule is [Al+3].[Hg+].[OH-].[OH-].[OH-].[OH-]. The molecule has 0 saturated carbocycles. The first kappa shape index (κ1) is 170. The number of rotatable bonds is 0. The van der Waals surface area contributed by atoms with Gasteiger partial charge in [-0.2, -0.15) is 0 Å². The number of hydrogen-bond donors (Lipinski definition) is 0. The quantitative estimate of drug-likeness (QED) is 0.527. The maximum atomic E-state index is 0. The van der Waals surface area contributed by atoms with E-state index < -0.39 is 0 Å². The first-order chi connectivity index (χ1) is 0. The van der Waals surface area contributed by atoms with Crippen molar-refractivity contribution in [3.63, 3.8) is 0 Å². The minimum absolute atomic E-state index is 0. The summed E-state index contributed by atoms with van der Waals surface area (Å²) in [6.07, 6.45) is 0. The molecule has 0 saturated heterocycles. The van der Waals surface area contributed by atoms with Crippen LogP contribution in [0.3, 0.4) is 0 Å². The molecule has 0 atom stereocenters. The van der Waals surface area contributed by atoms with E-state index in [1.807, 2.05) is 0 Å². The zero-order valence-corrected chi connectivity index (χ0v) is 9.73. The Labute approximate surface area is 66.8 Å². The average molecular weight is 296 g/mol. The molecule has 0 rings (SSSR count). The fourth-order valence-electron chi connectivity index (χ4n) is 0. The summed E-state index contributed by atoms with van der Waals surface area (Å²) in [5.41, 5.74) is 0. The van der Waals surface area contributed by atoms with Gasteiger partial charge in [-0.15, -0.1) is 0 Å². The second kappa shape index (κ2) is 104. The molecule has 0 amide bonds. The largest absolute Gasteiger partial charge is 3.00 e. The van der Waals surface area contributed by atoms with Gasteiger partial charge in [0.1, 0.15) is 0 Å². The Bertz CT molecular complexity index is 7.51. The monoisotopic (exact) mass is 297 g/mol. The normalized spacial score (nSPS) is 0. The van der Waals surface area contributed by atoms with Crippen LogP contribution < -0.4 is 0 Å². The van der Waals surface area contributed by atoms with E-state index in [1.165, 1.54) is 0 Å². The van der Waals surface area contributed by atoms with Gasteiger partial charge in [-0.1, -0.05) is 0 Å². The van der Waals surface area contributed by atoms with Crippen LogP contribution in [0.1, 0.15) is 0 Å². The molecule has 0 heterocycles. The van der Waals surface area contributed by atoms with Crippen LogP contribution in [0.4, 0.5) is 0 Å². The maximum absolute atomic E-state index is 0. The molecule has 0 unspecified atom stereocenters. The zero-order valence-electron chi connectivity index (χ0n) is 3.07. The van der Waals surface area contributed by atoms with Gasteiger partial charge in [-0.3, -0.25) is 0 Å². The van der Waals surface area contributed by atoms with Crippen molar-refractivity contribution < 1.29 is 49.6 Å². The third-order valence-corrected chi connectivity index (χ3v) is 0. The van der Waals surface area contributed by atoms with Crippen molar-refractivity contribution in [1.82, 2.24) is 0 Å². The molecule has 4 nitrogen and oxygen atoms in total. The molecule has 0 aliphatic heterocycles. The summed E-state index contributed by atoms with van der Waals surface area (Å²) in [6, 6.07) is 0. The van der Waals surface area contributed by atoms with Gasteiger partial charge in [0, 0.05) is 0 Å². The molecule has 6 heavy (non-hydrogen) atoms. The van der Waals surface area contributed by atoms with Crippen LogP contribution in [0.2, 0.25) is 0 Å². The van der Waals surface area contributed by atoms with Gasteiger partial charge in [-0.25, -0.2) is 0 Å². The first-order valence-electron chi connectivity index (χ1n) is 0.